The predicted molar refractivity (Wildman–Crippen MR) is 76.2 cm³/mol. The van der Waals surface area contributed by atoms with Crippen LogP contribution in [-0.2, 0) is 0 Å². The van der Waals surface area contributed by atoms with Gasteiger partial charge < -0.3 is 10.1 Å². The van der Waals surface area contributed by atoms with Crippen LogP contribution >= 0.6 is 0 Å². The van der Waals surface area contributed by atoms with Crippen LogP contribution in [0.15, 0.2) is 48.5 Å². The topological polar surface area (TPSA) is 21.3 Å². The molecule has 0 unspecified atom stereocenters. The van der Waals surface area contributed by atoms with Crippen LogP contribution in [0.25, 0.3) is 0 Å². The third-order valence-electron chi connectivity index (χ3n) is 2.92. The summed E-state index contributed by atoms with van der Waals surface area (Å²) >= 11 is 0. The van der Waals surface area contributed by atoms with Gasteiger partial charge in [0.2, 0.25) is 0 Å². The highest BCUT2D eigenvalue weighted by Crippen LogP contribution is 2.17. The zero-order valence-electron chi connectivity index (χ0n) is 11.0. The molecule has 19 heavy (non-hydrogen) atoms. The van der Waals surface area contributed by atoms with Crippen molar-refractivity contribution in [3.63, 3.8) is 0 Å². The van der Waals surface area contributed by atoms with Gasteiger partial charge in [0.05, 0.1) is 6.61 Å². The molecule has 100 valence electrons. The molecular formula is C16H18FNO. The highest BCUT2D eigenvalue weighted by Gasteiger charge is 2.01. The summed E-state index contributed by atoms with van der Waals surface area (Å²) in [7, 11) is 0. The predicted octanol–water partition coefficient (Wildman–Crippen LogP) is 4.02. The van der Waals surface area contributed by atoms with Crippen molar-refractivity contribution in [1.29, 1.82) is 0 Å². The van der Waals surface area contributed by atoms with Gasteiger partial charge in [-0.15, -0.1) is 0 Å². The van der Waals surface area contributed by atoms with Crippen LogP contribution in [0.2, 0.25) is 0 Å². The molecule has 1 N–H and O–H groups in total. The van der Waals surface area contributed by atoms with Crippen LogP contribution in [0, 0.1) is 12.7 Å². The fourth-order valence-electron chi connectivity index (χ4n) is 1.80. The molecular weight excluding hydrogens is 241 g/mol. The number of hydrogen-bond donors (Lipinski definition) is 1. The summed E-state index contributed by atoms with van der Waals surface area (Å²) in [5, 5.41) is 3.22. The van der Waals surface area contributed by atoms with E-state index in [1.807, 2.05) is 36.4 Å². The van der Waals surface area contributed by atoms with E-state index in [1.165, 1.54) is 6.07 Å². The molecule has 0 spiro atoms. The zero-order chi connectivity index (χ0) is 13.5. The van der Waals surface area contributed by atoms with Gasteiger partial charge in [-0.05, 0) is 37.6 Å². The van der Waals surface area contributed by atoms with Crippen molar-refractivity contribution < 1.29 is 9.13 Å². The molecule has 0 aromatic heterocycles. The Morgan fingerprint density at radius 1 is 1.05 bits per heavy atom. The van der Waals surface area contributed by atoms with Gasteiger partial charge in [-0.25, -0.2) is 4.39 Å². The van der Waals surface area contributed by atoms with E-state index in [1.54, 1.807) is 13.0 Å². The first-order chi connectivity index (χ1) is 9.27. The van der Waals surface area contributed by atoms with Gasteiger partial charge in [0.15, 0.2) is 0 Å². The van der Waals surface area contributed by atoms with E-state index in [4.69, 9.17) is 4.74 Å². The standard InChI is InChI=1S/C16H18FNO/c1-13-15(17)9-5-10-16(13)18-11-6-12-19-14-7-3-2-4-8-14/h2-5,7-10,18H,6,11-12H2,1H3. The van der Waals surface area contributed by atoms with Gasteiger partial charge in [-0.2, -0.15) is 0 Å². The van der Waals surface area contributed by atoms with E-state index in [2.05, 4.69) is 5.32 Å². The molecule has 0 heterocycles. The van der Waals surface area contributed by atoms with Crippen LogP contribution in [-0.4, -0.2) is 13.2 Å². The maximum atomic E-state index is 13.3. The van der Waals surface area contributed by atoms with E-state index >= 15 is 0 Å². The van der Waals surface area contributed by atoms with Crippen molar-refractivity contribution in [3.05, 3.63) is 59.9 Å². The molecule has 0 radical (unpaired) electrons. The van der Waals surface area contributed by atoms with Crippen LogP contribution in [0.1, 0.15) is 12.0 Å². The Bertz CT molecular complexity index is 513. The van der Waals surface area contributed by atoms with Gasteiger partial charge in [0.25, 0.3) is 0 Å². The molecule has 0 fully saturated rings. The SMILES string of the molecule is Cc1c(F)cccc1NCCCOc1ccccc1. The second-order valence-electron chi connectivity index (χ2n) is 4.35. The van der Waals surface area contributed by atoms with Gasteiger partial charge in [0.1, 0.15) is 11.6 Å². The number of rotatable bonds is 6. The first kappa shape index (κ1) is 13.4. The van der Waals surface area contributed by atoms with E-state index in [-0.39, 0.29) is 5.82 Å². The molecule has 3 heteroatoms. The van der Waals surface area contributed by atoms with Crippen LogP contribution in [0.3, 0.4) is 0 Å². The van der Waals surface area contributed by atoms with Crippen molar-refractivity contribution in [2.75, 3.05) is 18.5 Å². The van der Waals surface area contributed by atoms with E-state index in [0.717, 1.165) is 24.4 Å². The smallest absolute Gasteiger partial charge is 0.128 e. The molecule has 0 bridgehead atoms. The van der Waals surface area contributed by atoms with Gasteiger partial charge in [-0.1, -0.05) is 24.3 Å². The van der Waals surface area contributed by atoms with Gasteiger partial charge in [-0.3, -0.25) is 0 Å². The first-order valence-electron chi connectivity index (χ1n) is 6.44. The Morgan fingerprint density at radius 2 is 1.84 bits per heavy atom. The highest BCUT2D eigenvalue weighted by atomic mass is 19.1. The average molecular weight is 259 g/mol. The Hall–Kier alpha value is -2.03. The average Bonchev–Trinajstić information content (AvgIpc) is 2.44. The highest BCUT2D eigenvalue weighted by molar-refractivity contribution is 5.50. The zero-order valence-corrected chi connectivity index (χ0v) is 11.0. The summed E-state index contributed by atoms with van der Waals surface area (Å²) < 4.78 is 18.9. The van der Waals surface area contributed by atoms with Crippen LogP contribution in [0.5, 0.6) is 5.75 Å². The fourth-order valence-corrected chi connectivity index (χ4v) is 1.80. The quantitative estimate of drug-likeness (QED) is 0.791. The first-order valence-corrected chi connectivity index (χ1v) is 6.44. The largest absolute Gasteiger partial charge is 0.494 e. The molecule has 0 atom stereocenters. The maximum Gasteiger partial charge on any atom is 0.128 e. The fraction of sp³-hybridized carbons (Fsp3) is 0.250. The second-order valence-corrected chi connectivity index (χ2v) is 4.35. The van der Waals surface area contributed by atoms with Crippen molar-refractivity contribution in [2.24, 2.45) is 0 Å². The number of benzene rings is 2. The number of nitrogens with one attached hydrogen (secondary N) is 1. The summed E-state index contributed by atoms with van der Waals surface area (Å²) in [5.74, 6) is 0.704. The normalized spacial score (nSPS) is 10.2. The summed E-state index contributed by atoms with van der Waals surface area (Å²) in [5.41, 5.74) is 1.51. The molecule has 0 aliphatic rings. The van der Waals surface area contributed by atoms with Crippen molar-refractivity contribution in [2.45, 2.75) is 13.3 Å². The molecule has 0 saturated carbocycles. The number of halogens is 1. The number of para-hydroxylation sites is 1. The lowest BCUT2D eigenvalue weighted by atomic mass is 10.2. The Kier molecular flexibility index (Phi) is 4.78. The molecule has 0 aliphatic heterocycles. The van der Waals surface area contributed by atoms with Gasteiger partial charge in [0, 0.05) is 17.8 Å². The summed E-state index contributed by atoms with van der Waals surface area (Å²) in [4.78, 5) is 0. The molecule has 2 aromatic carbocycles. The molecule has 2 rings (SSSR count). The third kappa shape index (κ3) is 3.98. The molecule has 2 nitrogen and oxygen atoms in total. The van der Waals surface area contributed by atoms with Crippen LogP contribution in [0.4, 0.5) is 10.1 Å². The number of ether oxygens (including phenoxy) is 1. The number of hydrogen-bond acceptors (Lipinski definition) is 2. The Morgan fingerprint density at radius 3 is 2.63 bits per heavy atom. The molecule has 2 aromatic rings. The van der Waals surface area contributed by atoms with Crippen molar-refractivity contribution in [1.82, 2.24) is 0 Å². The lowest BCUT2D eigenvalue weighted by Crippen LogP contribution is -2.08. The minimum absolute atomic E-state index is 0.175. The van der Waals surface area contributed by atoms with Crippen molar-refractivity contribution in [3.8, 4) is 5.75 Å². The monoisotopic (exact) mass is 259 g/mol. The maximum absolute atomic E-state index is 13.3. The third-order valence-corrected chi connectivity index (χ3v) is 2.92. The molecule has 0 saturated heterocycles. The summed E-state index contributed by atoms with van der Waals surface area (Å²) in [6.07, 6.45) is 0.866. The van der Waals surface area contributed by atoms with E-state index < -0.39 is 0 Å². The van der Waals surface area contributed by atoms with Gasteiger partial charge >= 0.3 is 0 Å². The molecule has 0 aliphatic carbocycles. The Labute approximate surface area is 113 Å². The minimum atomic E-state index is -0.175. The Balaban J connectivity index is 1.71. The number of anilines is 1. The lowest BCUT2D eigenvalue weighted by molar-refractivity contribution is 0.315. The second kappa shape index (κ2) is 6.78. The van der Waals surface area contributed by atoms with E-state index in [0.29, 0.717) is 12.2 Å². The van der Waals surface area contributed by atoms with Crippen LogP contribution < -0.4 is 10.1 Å². The summed E-state index contributed by atoms with van der Waals surface area (Å²) in [6.45, 7) is 3.18. The molecule has 0 amide bonds. The van der Waals surface area contributed by atoms with Crippen molar-refractivity contribution >= 4 is 5.69 Å². The summed E-state index contributed by atoms with van der Waals surface area (Å²) in [6, 6.07) is 14.8. The minimum Gasteiger partial charge on any atom is -0.494 e. The lowest BCUT2D eigenvalue weighted by Gasteiger charge is -2.10. The van der Waals surface area contributed by atoms with E-state index in [9.17, 15) is 4.39 Å².